The fraction of sp³-hybridized carbons (Fsp3) is 0.500. The molecule has 1 amide bonds. The molecule has 5 heteroatoms. The number of carbonyl (C=O) groups excluding carboxylic acids is 1. The van der Waals surface area contributed by atoms with Crippen LogP contribution >= 0.6 is 0 Å². The lowest BCUT2D eigenvalue weighted by molar-refractivity contribution is 0.0636. The Bertz CT molecular complexity index is 412. The molecule has 0 fully saturated rings. The standard InChI is InChI=1S/C14H21NO4/c1-14(2,3)19-13(16)15-11-6-5-7-12(10-11)18-9-8-17-4/h5-7,10H,8-9H2,1-4H3,(H,15,16). The summed E-state index contributed by atoms with van der Waals surface area (Å²) in [4.78, 5) is 11.6. The van der Waals surface area contributed by atoms with Crippen LogP contribution in [0.15, 0.2) is 24.3 Å². The van der Waals surface area contributed by atoms with Gasteiger partial charge >= 0.3 is 6.09 Å². The van der Waals surface area contributed by atoms with Gasteiger partial charge < -0.3 is 14.2 Å². The molecule has 0 saturated carbocycles. The first-order valence-corrected chi connectivity index (χ1v) is 6.12. The third kappa shape index (κ3) is 6.67. The maximum Gasteiger partial charge on any atom is 0.412 e. The molecule has 0 radical (unpaired) electrons. The first-order chi connectivity index (χ1) is 8.90. The number of hydrogen-bond acceptors (Lipinski definition) is 4. The van der Waals surface area contributed by atoms with Crippen LogP contribution in [0.1, 0.15) is 20.8 Å². The Morgan fingerprint density at radius 1 is 1.26 bits per heavy atom. The summed E-state index contributed by atoms with van der Waals surface area (Å²) in [6.45, 7) is 6.43. The molecule has 0 atom stereocenters. The predicted octanol–water partition coefficient (Wildman–Crippen LogP) is 3.06. The normalized spacial score (nSPS) is 10.9. The van der Waals surface area contributed by atoms with Crippen LogP contribution in [0.25, 0.3) is 0 Å². The van der Waals surface area contributed by atoms with Gasteiger partial charge in [0.05, 0.1) is 6.61 Å². The summed E-state index contributed by atoms with van der Waals surface area (Å²) in [5, 5.41) is 2.66. The minimum atomic E-state index is -0.517. The second-order valence-electron chi connectivity index (χ2n) is 5.00. The highest BCUT2D eigenvalue weighted by molar-refractivity contribution is 5.85. The molecule has 1 aromatic carbocycles. The molecule has 0 bridgehead atoms. The number of benzene rings is 1. The number of methoxy groups -OCH3 is 1. The van der Waals surface area contributed by atoms with E-state index in [1.165, 1.54) is 0 Å². The van der Waals surface area contributed by atoms with Crippen molar-refractivity contribution in [1.29, 1.82) is 0 Å². The lowest BCUT2D eigenvalue weighted by Gasteiger charge is -2.19. The quantitative estimate of drug-likeness (QED) is 0.833. The fourth-order valence-electron chi connectivity index (χ4n) is 1.33. The van der Waals surface area contributed by atoms with Gasteiger partial charge in [-0.3, -0.25) is 5.32 Å². The van der Waals surface area contributed by atoms with Gasteiger partial charge in [-0.2, -0.15) is 0 Å². The molecule has 0 aliphatic rings. The van der Waals surface area contributed by atoms with Gasteiger partial charge in [0, 0.05) is 18.9 Å². The molecule has 1 aromatic rings. The largest absolute Gasteiger partial charge is 0.491 e. The molecule has 0 spiro atoms. The average Bonchev–Trinajstić information content (AvgIpc) is 2.27. The maximum atomic E-state index is 11.6. The maximum absolute atomic E-state index is 11.6. The summed E-state index contributed by atoms with van der Waals surface area (Å²) in [6, 6.07) is 7.12. The van der Waals surface area contributed by atoms with E-state index < -0.39 is 11.7 Å². The Balaban J connectivity index is 2.54. The minimum Gasteiger partial charge on any atom is -0.491 e. The topological polar surface area (TPSA) is 56.8 Å². The summed E-state index contributed by atoms with van der Waals surface area (Å²) >= 11 is 0. The minimum absolute atomic E-state index is 0.465. The SMILES string of the molecule is COCCOc1cccc(NC(=O)OC(C)(C)C)c1. The van der Waals surface area contributed by atoms with Gasteiger partial charge in [0.25, 0.3) is 0 Å². The van der Waals surface area contributed by atoms with Crippen LogP contribution in [-0.4, -0.2) is 32.0 Å². The van der Waals surface area contributed by atoms with Gasteiger partial charge in [0.1, 0.15) is 18.0 Å². The van der Waals surface area contributed by atoms with Gasteiger partial charge in [-0.25, -0.2) is 4.79 Å². The van der Waals surface area contributed by atoms with Crippen molar-refractivity contribution in [2.75, 3.05) is 25.6 Å². The molecule has 19 heavy (non-hydrogen) atoms. The molecule has 0 saturated heterocycles. The number of amides is 1. The lowest BCUT2D eigenvalue weighted by atomic mass is 10.2. The van der Waals surface area contributed by atoms with Gasteiger partial charge in [-0.1, -0.05) is 6.07 Å². The molecular weight excluding hydrogens is 246 g/mol. The molecule has 0 aliphatic carbocycles. The third-order valence-corrected chi connectivity index (χ3v) is 2.04. The Morgan fingerprint density at radius 3 is 2.63 bits per heavy atom. The van der Waals surface area contributed by atoms with Crippen LogP contribution in [0.2, 0.25) is 0 Å². The summed E-state index contributed by atoms with van der Waals surface area (Å²) in [5.41, 5.74) is 0.112. The van der Waals surface area contributed by atoms with Crippen molar-refractivity contribution in [2.24, 2.45) is 0 Å². The van der Waals surface area contributed by atoms with Crippen LogP contribution in [0.4, 0.5) is 10.5 Å². The van der Waals surface area contributed by atoms with Crippen LogP contribution < -0.4 is 10.1 Å². The Hall–Kier alpha value is -1.75. The van der Waals surface area contributed by atoms with Crippen molar-refractivity contribution in [3.8, 4) is 5.75 Å². The fourth-order valence-corrected chi connectivity index (χ4v) is 1.33. The van der Waals surface area contributed by atoms with E-state index in [0.717, 1.165) is 0 Å². The Labute approximate surface area is 113 Å². The van der Waals surface area contributed by atoms with E-state index in [-0.39, 0.29) is 0 Å². The van der Waals surface area contributed by atoms with E-state index in [1.54, 1.807) is 25.3 Å². The average molecular weight is 267 g/mol. The van der Waals surface area contributed by atoms with Gasteiger partial charge in [0.2, 0.25) is 0 Å². The van der Waals surface area contributed by atoms with Crippen molar-refractivity contribution < 1.29 is 19.0 Å². The van der Waals surface area contributed by atoms with E-state index in [1.807, 2.05) is 26.8 Å². The van der Waals surface area contributed by atoms with Crippen molar-refractivity contribution in [3.63, 3.8) is 0 Å². The number of nitrogens with one attached hydrogen (secondary N) is 1. The zero-order valence-electron chi connectivity index (χ0n) is 11.9. The molecule has 0 unspecified atom stereocenters. The predicted molar refractivity (Wildman–Crippen MR) is 73.7 cm³/mol. The molecule has 106 valence electrons. The molecule has 1 N–H and O–H groups in total. The Kier molecular flexibility index (Phi) is 5.63. The number of anilines is 1. The van der Waals surface area contributed by atoms with Crippen molar-refractivity contribution >= 4 is 11.8 Å². The summed E-state index contributed by atoms with van der Waals surface area (Å²) in [6.07, 6.45) is -0.485. The lowest BCUT2D eigenvalue weighted by Crippen LogP contribution is -2.27. The highest BCUT2D eigenvalue weighted by Gasteiger charge is 2.16. The smallest absolute Gasteiger partial charge is 0.412 e. The van der Waals surface area contributed by atoms with Crippen LogP contribution in [0.3, 0.4) is 0 Å². The number of hydrogen-bond donors (Lipinski definition) is 1. The van der Waals surface area contributed by atoms with Crippen LogP contribution in [0.5, 0.6) is 5.75 Å². The molecule has 0 aliphatic heterocycles. The summed E-state index contributed by atoms with van der Waals surface area (Å²) in [7, 11) is 1.61. The van der Waals surface area contributed by atoms with E-state index >= 15 is 0 Å². The number of carbonyl (C=O) groups is 1. The Morgan fingerprint density at radius 2 is 2.00 bits per heavy atom. The number of ether oxygens (including phenoxy) is 3. The molecular formula is C14H21NO4. The summed E-state index contributed by atoms with van der Waals surface area (Å²) in [5.74, 6) is 0.672. The van der Waals surface area contributed by atoms with E-state index in [4.69, 9.17) is 14.2 Å². The van der Waals surface area contributed by atoms with Crippen LogP contribution in [-0.2, 0) is 9.47 Å². The highest BCUT2D eigenvalue weighted by Crippen LogP contribution is 2.18. The van der Waals surface area contributed by atoms with E-state index in [0.29, 0.717) is 24.7 Å². The third-order valence-electron chi connectivity index (χ3n) is 2.04. The molecule has 5 nitrogen and oxygen atoms in total. The van der Waals surface area contributed by atoms with Gasteiger partial charge in [-0.15, -0.1) is 0 Å². The second kappa shape index (κ2) is 6.99. The number of rotatable bonds is 5. The first kappa shape index (κ1) is 15.3. The molecule has 1 rings (SSSR count). The highest BCUT2D eigenvalue weighted by atomic mass is 16.6. The zero-order valence-corrected chi connectivity index (χ0v) is 11.9. The van der Waals surface area contributed by atoms with E-state index in [9.17, 15) is 4.79 Å². The van der Waals surface area contributed by atoms with Crippen molar-refractivity contribution in [3.05, 3.63) is 24.3 Å². The first-order valence-electron chi connectivity index (χ1n) is 6.12. The molecule has 0 heterocycles. The monoisotopic (exact) mass is 267 g/mol. The summed E-state index contributed by atoms with van der Waals surface area (Å²) < 4.78 is 15.5. The van der Waals surface area contributed by atoms with Crippen LogP contribution in [0, 0.1) is 0 Å². The van der Waals surface area contributed by atoms with Gasteiger partial charge in [-0.05, 0) is 32.9 Å². The van der Waals surface area contributed by atoms with Crippen molar-refractivity contribution in [1.82, 2.24) is 0 Å². The van der Waals surface area contributed by atoms with Crippen molar-refractivity contribution in [2.45, 2.75) is 26.4 Å². The van der Waals surface area contributed by atoms with Gasteiger partial charge in [0.15, 0.2) is 0 Å². The second-order valence-corrected chi connectivity index (χ2v) is 5.00. The van der Waals surface area contributed by atoms with E-state index in [2.05, 4.69) is 5.32 Å². The molecule has 0 aromatic heterocycles. The zero-order chi connectivity index (χ0) is 14.3.